The van der Waals surface area contributed by atoms with Crippen LogP contribution in [0.2, 0.25) is 0 Å². The zero-order valence-electron chi connectivity index (χ0n) is 19.2. The monoisotopic (exact) mass is 510 g/mol. The molecule has 0 spiro atoms. The summed E-state index contributed by atoms with van der Waals surface area (Å²) in [4.78, 5) is 25.9. The van der Waals surface area contributed by atoms with Crippen LogP contribution in [-0.2, 0) is 4.74 Å². The van der Waals surface area contributed by atoms with Crippen molar-refractivity contribution in [3.05, 3.63) is 33.9 Å². The molecule has 7 heteroatoms. The molecule has 1 amide bonds. The van der Waals surface area contributed by atoms with Crippen molar-refractivity contribution < 1.29 is 19.4 Å². The predicted molar refractivity (Wildman–Crippen MR) is 131 cm³/mol. The largest absolute Gasteiger partial charge is 0.524 e. The first-order valence-electron chi connectivity index (χ1n) is 10.9. The van der Waals surface area contributed by atoms with Gasteiger partial charge in [0.25, 0.3) is 0 Å². The third-order valence-electron chi connectivity index (χ3n) is 6.42. The second-order valence-electron chi connectivity index (χ2n) is 9.71. The van der Waals surface area contributed by atoms with Gasteiger partial charge < -0.3 is 9.84 Å². The summed E-state index contributed by atoms with van der Waals surface area (Å²) >= 11 is 5.57. The quantitative estimate of drug-likeness (QED) is 0.351. The minimum atomic E-state index is -0.984. The topological polar surface area (TPSA) is 63.6 Å². The highest BCUT2D eigenvalue weighted by atomic mass is 79.9. The van der Waals surface area contributed by atoms with Crippen LogP contribution in [0.4, 0.5) is 10.5 Å². The van der Waals surface area contributed by atoms with Gasteiger partial charge in [0.05, 0.1) is 6.61 Å². The van der Waals surface area contributed by atoms with Crippen molar-refractivity contribution in [2.24, 2.45) is 11.8 Å². The van der Waals surface area contributed by atoms with E-state index in [9.17, 15) is 14.7 Å². The van der Waals surface area contributed by atoms with Gasteiger partial charge in [-0.3, -0.25) is 0 Å². The number of hydrogen-bond acceptors (Lipinski definition) is 4. The number of carbonyl (C=O) groups is 2. The smallest absolute Gasteiger partial charge is 0.462 e. The molecule has 0 aliphatic carbocycles. The Labute approximate surface area is 197 Å². The minimum Gasteiger partial charge on any atom is -0.462 e. The molecule has 3 unspecified atom stereocenters. The van der Waals surface area contributed by atoms with Gasteiger partial charge in [0.15, 0.2) is 5.69 Å². The number of carboxylic acid groups (broad SMARTS) is 1. The van der Waals surface area contributed by atoms with Crippen LogP contribution >= 0.6 is 27.7 Å². The van der Waals surface area contributed by atoms with E-state index >= 15 is 0 Å². The van der Waals surface area contributed by atoms with Gasteiger partial charge in [0.2, 0.25) is 0 Å². The van der Waals surface area contributed by atoms with Crippen LogP contribution in [0, 0.1) is 11.8 Å². The summed E-state index contributed by atoms with van der Waals surface area (Å²) in [7, 11) is 0. The summed E-state index contributed by atoms with van der Waals surface area (Å²) in [5.41, 5.74) is 2.05. The number of esters is 1. The van der Waals surface area contributed by atoms with Crippen LogP contribution in [0.15, 0.2) is 22.8 Å². The number of quaternary nitrogens is 1. The molecule has 5 nitrogen and oxygen atoms in total. The Hall–Kier alpha value is -1.31. The second kappa shape index (κ2) is 8.91. The van der Waals surface area contributed by atoms with E-state index < -0.39 is 22.1 Å². The average molecular weight is 512 g/mol. The number of amides is 1. The predicted octanol–water partition coefficient (Wildman–Crippen LogP) is 6.93. The number of allylic oxidation sites excluding steroid dienone is 1. The van der Waals surface area contributed by atoms with E-state index in [1.54, 1.807) is 13.0 Å². The van der Waals surface area contributed by atoms with Crippen molar-refractivity contribution in [3.63, 3.8) is 0 Å². The first-order valence-corrected chi connectivity index (χ1v) is 12.8. The van der Waals surface area contributed by atoms with E-state index in [1.807, 2.05) is 44.8 Å². The Morgan fingerprint density at radius 2 is 2.00 bits per heavy atom. The zero-order valence-corrected chi connectivity index (χ0v) is 21.6. The van der Waals surface area contributed by atoms with Crippen LogP contribution in [0.1, 0.15) is 70.3 Å². The molecule has 1 aromatic rings. The first-order chi connectivity index (χ1) is 14.4. The Kier molecular flexibility index (Phi) is 6.99. The lowest BCUT2D eigenvalue weighted by Gasteiger charge is -2.39. The maximum Gasteiger partial charge on any atom is 0.524 e. The van der Waals surface area contributed by atoms with Gasteiger partial charge in [0.1, 0.15) is 17.3 Å². The highest BCUT2D eigenvalue weighted by Gasteiger charge is 2.57. The van der Waals surface area contributed by atoms with Crippen LogP contribution in [0.3, 0.4) is 0 Å². The van der Waals surface area contributed by atoms with Gasteiger partial charge in [0, 0.05) is 20.9 Å². The lowest BCUT2D eigenvalue weighted by Crippen LogP contribution is -2.60. The van der Waals surface area contributed by atoms with Crippen LogP contribution in [0.25, 0.3) is 5.57 Å². The van der Waals surface area contributed by atoms with Gasteiger partial charge in [-0.05, 0) is 70.3 Å². The lowest BCUT2D eigenvalue weighted by atomic mass is 9.85. The minimum absolute atomic E-state index is 0.235. The molecular formula is C24H33BrNO4S+. The fourth-order valence-electron chi connectivity index (χ4n) is 4.77. The Balaban J connectivity index is 2.28. The normalized spacial score (nSPS) is 25.9. The van der Waals surface area contributed by atoms with E-state index in [4.69, 9.17) is 4.74 Å². The van der Waals surface area contributed by atoms with E-state index in [2.05, 4.69) is 29.8 Å². The standard InChI is InChI=1S/C24H32BrNO4S/c1-7-30-22(27)18-12-16(25)11-17-19(15-8-9-31-20(10-15)14(2)3)13-26(21(17)18,23(28)29)24(4,5)6/h11-15,20H,7-10H2,1-6H3/p+1. The van der Waals surface area contributed by atoms with Crippen LogP contribution in [0.5, 0.6) is 0 Å². The molecule has 1 aromatic carbocycles. The molecule has 3 atom stereocenters. The van der Waals surface area contributed by atoms with Crippen molar-refractivity contribution in [1.82, 2.24) is 4.48 Å². The number of ether oxygens (including phenoxy) is 1. The number of hydrogen-bond donors (Lipinski definition) is 1. The summed E-state index contributed by atoms with van der Waals surface area (Å²) in [6.45, 7) is 12.2. The molecule has 170 valence electrons. The van der Waals surface area contributed by atoms with Crippen LogP contribution in [-0.4, -0.2) is 40.3 Å². The SMILES string of the molecule is CCOC(=O)c1cc(Br)cc2c1[N+](C(=O)O)(C(C)(C)C)C=C2C1CCSC(C(C)C)C1. The molecule has 3 rings (SSSR count). The van der Waals surface area contributed by atoms with Gasteiger partial charge in [-0.25, -0.2) is 4.79 Å². The molecule has 0 radical (unpaired) electrons. The number of thioether (sulfide) groups is 1. The van der Waals surface area contributed by atoms with E-state index in [0.29, 0.717) is 22.4 Å². The van der Waals surface area contributed by atoms with Gasteiger partial charge >= 0.3 is 12.1 Å². The summed E-state index contributed by atoms with van der Waals surface area (Å²) in [5.74, 6) is 1.40. The highest BCUT2D eigenvalue weighted by Crippen LogP contribution is 2.53. The molecular weight excluding hydrogens is 478 g/mol. The summed E-state index contributed by atoms with van der Waals surface area (Å²) in [6.07, 6.45) is 2.94. The Bertz CT molecular complexity index is 921. The fraction of sp³-hybridized carbons (Fsp3) is 0.583. The third-order valence-corrected chi connectivity index (χ3v) is 8.52. The second-order valence-corrected chi connectivity index (χ2v) is 12.0. The molecule has 0 bridgehead atoms. The Morgan fingerprint density at radius 1 is 1.32 bits per heavy atom. The highest BCUT2D eigenvalue weighted by molar-refractivity contribution is 9.10. The number of fused-ring (bicyclic) bond motifs is 1. The zero-order chi connectivity index (χ0) is 23.1. The molecule has 2 aliphatic heterocycles. The van der Waals surface area contributed by atoms with Crippen molar-refractivity contribution in [1.29, 1.82) is 0 Å². The molecule has 1 fully saturated rings. The van der Waals surface area contributed by atoms with Crippen LogP contribution < -0.4 is 4.48 Å². The van der Waals surface area contributed by atoms with Gasteiger partial charge in [-0.15, -0.1) is 0 Å². The number of nitrogens with zero attached hydrogens (tertiary/aromatic N) is 1. The number of benzene rings is 1. The third kappa shape index (κ3) is 4.21. The Morgan fingerprint density at radius 3 is 2.55 bits per heavy atom. The number of rotatable bonds is 4. The maximum absolute atomic E-state index is 12.9. The van der Waals surface area contributed by atoms with Crippen molar-refractivity contribution in [2.75, 3.05) is 12.4 Å². The molecule has 1 saturated heterocycles. The molecule has 1 N–H and O–H groups in total. The first kappa shape index (κ1) is 24.3. The fourth-order valence-corrected chi connectivity index (χ4v) is 6.71. The molecule has 0 aromatic heterocycles. The van der Waals surface area contributed by atoms with E-state index in [0.717, 1.165) is 34.2 Å². The number of carbonyl (C=O) groups excluding carboxylic acids is 1. The molecule has 2 aliphatic rings. The summed E-state index contributed by atoms with van der Waals surface area (Å²) in [5, 5.41) is 11.1. The van der Waals surface area contributed by atoms with Crippen molar-refractivity contribution in [3.8, 4) is 0 Å². The van der Waals surface area contributed by atoms with E-state index in [1.165, 1.54) is 0 Å². The maximum atomic E-state index is 12.9. The average Bonchev–Trinajstić information content (AvgIpc) is 3.04. The van der Waals surface area contributed by atoms with Gasteiger partial charge in [-0.1, -0.05) is 29.8 Å². The molecule has 0 saturated carbocycles. The summed E-state index contributed by atoms with van der Waals surface area (Å²) in [6, 6.07) is 3.67. The lowest BCUT2D eigenvalue weighted by molar-refractivity contribution is 0.0523. The van der Waals surface area contributed by atoms with Crippen molar-refractivity contribution in [2.45, 2.75) is 65.2 Å². The van der Waals surface area contributed by atoms with Gasteiger partial charge in [-0.2, -0.15) is 21.0 Å². The van der Waals surface area contributed by atoms with Crippen molar-refractivity contribution >= 4 is 51.0 Å². The number of halogens is 1. The van der Waals surface area contributed by atoms with E-state index in [-0.39, 0.29) is 12.5 Å². The molecule has 31 heavy (non-hydrogen) atoms. The summed E-state index contributed by atoms with van der Waals surface area (Å²) < 4.78 is 5.68. The molecule has 2 heterocycles.